The van der Waals surface area contributed by atoms with Crippen LogP contribution in [0.5, 0.6) is 0 Å². The van der Waals surface area contributed by atoms with Crippen LogP contribution in [0.25, 0.3) is 0 Å². The van der Waals surface area contributed by atoms with Gasteiger partial charge in [0.15, 0.2) is 15.8 Å². The Kier molecular flexibility index (Phi) is 10.5. The highest BCUT2D eigenvalue weighted by Gasteiger charge is 2.19. The van der Waals surface area contributed by atoms with Gasteiger partial charge in [0, 0.05) is 40.4 Å². The van der Waals surface area contributed by atoms with Crippen LogP contribution >= 0.6 is 24.0 Å². The van der Waals surface area contributed by atoms with Crippen molar-refractivity contribution < 1.29 is 17.5 Å². The van der Waals surface area contributed by atoms with Crippen LogP contribution in [-0.2, 0) is 14.6 Å². The Bertz CT molecular complexity index is 710. The smallest absolute Gasteiger partial charge is 0.193 e. The van der Waals surface area contributed by atoms with Crippen molar-refractivity contribution in [2.75, 3.05) is 46.2 Å². The molecule has 1 N–H and O–H groups in total. The quantitative estimate of drug-likeness (QED) is 0.345. The summed E-state index contributed by atoms with van der Waals surface area (Å²) >= 11 is 0. The molecule has 0 bridgehead atoms. The summed E-state index contributed by atoms with van der Waals surface area (Å²) in [6.45, 7) is 2.67. The molecule has 27 heavy (non-hydrogen) atoms. The van der Waals surface area contributed by atoms with Gasteiger partial charge in [0.1, 0.15) is 10.7 Å². The van der Waals surface area contributed by atoms with Crippen molar-refractivity contribution in [1.29, 1.82) is 0 Å². The maximum atomic E-state index is 13.7. The topological polar surface area (TPSA) is 71.0 Å². The van der Waals surface area contributed by atoms with E-state index in [1.165, 1.54) is 18.2 Å². The molecule has 1 fully saturated rings. The third kappa shape index (κ3) is 7.53. The summed E-state index contributed by atoms with van der Waals surface area (Å²) in [6.07, 6.45) is 3.22. The van der Waals surface area contributed by atoms with Gasteiger partial charge in [-0.25, -0.2) is 12.8 Å². The summed E-state index contributed by atoms with van der Waals surface area (Å²) < 4.78 is 43.6. The highest BCUT2D eigenvalue weighted by Crippen LogP contribution is 2.18. The molecule has 0 aliphatic carbocycles. The van der Waals surface area contributed by atoms with E-state index < -0.39 is 15.7 Å². The summed E-state index contributed by atoms with van der Waals surface area (Å²) in [7, 11) is -0.0790. The van der Waals surface area contributed by atoms with E-state index in [0.29, 0.717) is 11.9 Å². The molecule has 1 aromatic carbocycles. The summed E-state index contributed by atoms with van der Waals surface area (Å²) in [5.41, 5.74) is 0. The highest BCUT2D eigenvalue weighted by molar-refractivity contribution is 14.0. The van der Waals surface area contributed by atoms with Crippen LogP contribution in [0.4, 0.5) is 4.39 Å². The van der Waals surface area contributed by atoms with Crippen LogP contribution in [0.3, 0.4) is 0 Å². The average Bonchev–Trinajstić information content (AvgIpc) is 2.64. The first-order valence-corrected chi connectivity index (χ1v) is 10.6. The Hall–Kier alpha value is -0.940. The van der Waals surface area contributed by atoms with Gasteiger partial charge >= 0.3 is 0 Å². The Balaban J connectivity index is 0.00000364. The van der Waals surface area contributed by atoms with Gasteiger partial charge in [-0.1, -0.05) is 12.1 Å². The molecule has 0 amide bonds. The van der Waals surface area contributed by atoms with Gasteiger partial charge < -0.3 is 15.0 Å². The number of guanidine groups is 1. The standard InChI is InChI=1S/C18H28FN3O3S.HI/c1-20-18(22(2)11-7-15-8-12-25-13-9-15)21-10-14-26(23,24)17-6-4-3-5-16(17)19;/h3-6,15H,7-14H2,1-2H3,(H,20,21);1H. The predicted molar refractivity (Wildman–Crippen MR) is 116 cm³/mol. The molecule has 9 heteroatoms. The van der Waals surface area contributed by atoms with E-state index in [1.807, 2.05) is 11.9 Å². The van der Waals surface area contributed by atoms with Crippen LogP contribution in [-0.4, -0.2) is 65.4 Å². The fourth-order valence-corrected chi connectivity index (χ4v) is 4.25. The van der Waals surface area contributed by atoms with Gasteiger partial charge in [0.25, 0.3) is 0 Å². The van der Waals surface area contributed by atoms with Crippen molar-refractivity contribution in [3.63, 3.8) is 0 Å². The SMILES string of the molecule is CN=C(NCCS(=O)(=O)c1ccccc1F)N(C)CCC1CCOCC1.I. The van der Waals surface area contributed by atoms with Gasteiger partial charge in [-0.3, -0.25) is 4.99 Å². The Labute approximate surface area is 178 Å². The first-order valence-electron chi connectivity index (χ1n) is 8.91. The second-order valence-electron chi connectivity index (χ2n) is 6.49. The van der Waals surface area contributed by atoms with Crippen molar-refractivity contribution in [3.8, 4) is 0 Å². The number of rotatable bonds is 7. The molecule has 0 spiro atoms. The highest BCUT2D eigenvalue weighted by atomic mass is 127. The molecular weight excluding hydrogens is 484 g/mol. The van der Waals surface area contributed by atoms with Crippen LogP contribution < -0.4 is 5.32 Å². The zero-order valence-electron chi connectivity index (χ0n) is 15.9. The van der Waals surface area contributed by atoms with Crippen molar-refractivity contribution >= 4 is 39.8 Å². The molecule has 0 aromatic heterocycles. The molecule has 0 unspecified atom stereocenters. The molecule has 1 aliphatic rings. The lowest BCUT2D eigenvalue weighted by molar-refractivity contribution is 0.0625. The van der Waals surface area contributed by atoms with Gasteiger partial charge in [-0.05, 0) is 37.3 Å². The third-order valence-corrected chi connectivity index (χ3v) is 6.36. The fraction of sp³-hybridized carbons (Fsp3) is 0.611. The summed E-state index contributed by atoms with van der Waals surface area (Å²) in [6, 6.07) is 5.44. The van der Waals surface area contributed by atoms with Gasteiger partial charge in [0.05, 0.1) is 5.75 Å². The normalized spacial score (nSPS) is 15.9. The van der Waals surface area contributed by atoms with Crippen LogP contribution in [0.15, 0.2) is 34.2 Å². The Morgan fingerprint density at radius 1 is 1.33 bits per heavy atom. The van der Waals surface area contributed by atoms with Crippen molar-refractivity contribution in [1.82, 2.24) is 10.2 Å². The molecule has 154 valence electrons. The van der Waals surface area contributed by atoms with Gasteiger partial charge in [0.2, 0.25) is 0 Å². The maximum absolute atomic E-state index is 13.7. The predicted octanol–water partition coefficient (Wildman–Crippen LogP) is 2.54. The Morgan fingerprint density at radius 3 is 2.63 bits per heavy atom. The number of hydrogen-bond donors (Lipinski definition) is 1. The number of aliphatic imine (C=N–C) groups is 1. The third-order valence-electron chi connectivity index (χ3n) is 4.61. The zero-order valence-corrected chi connectivity index (χ0v) is 19.0. The van der Waals surface area contributed by atoms with Crippen molar-refractivity contribution in [2.45, 2.75) is 24.2 Å². The number of nitrogens with zero attached hydrogens (tertiary/aromatic N) is 2. The fourth-order valence-electron chi connectivity index (χ4n) is 3.01. The number of sulfone groups is 1. The number of ether oxygens (including phenoxy) is 1. The molecule has 0 radical (unpaired) electrons. The summed E-state index contributed by atoms with van der Waals surface area (Å²) in [5.74, 6) is 0.387. The first kappa shape index (κ1) is 24.1. The largest absolute Gasteiger partial charge is 0.381 e. The average molecular weight is 513 g/mol. The summed E-state index contributed by atoms with van der Waals surface area (Å²) in [4.78, 5) is 5.93. The Morgan fingerprint density at radius 2 is 2.00 bits per heavy atom. The monoisotopic (exact) mass is 513 g/mol. The molecule has 2 rings (SSSR count). The first-order chi connectivity index (χ1) is 12.4. The van der Waals surface area contributed by atoms with Gasteiger partial charge in [-0.2, -0.15) is 0 Å². The lowest BCUT2D eigenvalue weighted by Crippen LogP contribution is -2.41. The maximum Gasteiger partial charge on any atom is 0.193 e. The van der Waals surface area contributed by atoms with E-state index in [9.17, 15) is 12.8 Å². The van der Waals surface area contributed by atoms with E-state index >= 15 is 0 Å². The molecular formula is C18H29FIN3O3S. The van der Waals surface area contributed by atoms with Crippen molar-refractivity contribution in [3.05, 3.63) is 30.1 Å². The minimum absolute atomic E-state index is 0. The minimum atomic E-state index is -3.67. The second-order valence-corrected chi connectivity index (χ2v) is 8.57. The van der Waals surface area contributed by atoms with Crippen LogP contribution in [0, 0.1) is 11.7 Å². The molecule has 1 heterocycles. The van der Waals surface area contributed by atoms with E-state index in [-0.39, 0.29) is 41.2 Å². The number of hydrogen-bond acceptors (Lipinski definition) is 4. The van der Waals surface area contributed by atoms with E-state index in [2.05, 4.69) is 10.3 Å². The number of nitrogens with one attached hydrogen (secondary N) is 1. The van der Waals surface area contributed by atoms with Crippen molar-refractivity contribution in [2.24, 2.45) is 10.9 Å². The van der Waals surface area contributed by atoms with E-state index in [1.54, 1.807) is 7.05 Å². The van der Waals surface area contributed by atoms with Crippen LogP contribution in [0.2, 0.25) is 0 Å². The molecule has 1 aliphatic heterocycles. The van der Waals surface area contributed by atoms with Crippen LogP contribution in [0.1, 0.15) is 19.3 Å². The second kappa shape index (κ2) is 11.8. The number of halogens is 2. The van der Waals surface area contributed by atoms with Gasteiger partial charge in [-0.15, -0.1) is 24.0 Å². The molecule has 1 saturated heterocycles. The lowest BCUT2D eigenvalue weighted by atomic mass is 9.96. The lowest BCUT2D eigenvalue weighted by Gasteiger charge is -2.26. The molecule has 0 saturated carbocycles. The minimum Gasteiger partial charge on any atom is -0.381 e. The molecule has 6 nitrogen and oxygen atoms in total. The zero-order chi connectivity index (χ0) is 19.0. The number of benzene rings is 1. The molecule has 1 aromatic rings. The van der Waals surface area contributed by atoms with E-state index in [4.69, 9.17) is 4.74 Å². The summed E-state index contributed by atoms with van der Waals surface area (Å²) in [5, 5.41) is 3.05. The molecule has 0 atom stereocenters. The van der Waals surface area contributed by atoms with E-state index in [0.717, 1.165) is 45.1 Å².